The largest absolute Gasteiger partial charge is 0.384 e. The van der Waals surface area contributed by atoms with Crippen LogP contribution >= 0.6 is 0 Å². The third-order valence-electron chi connectivity index (χ3n) is 5.62. The zero-order chi connectivity index (χ0) is 17.5. The van der Waals surface area contributed by atoms with Crippen molar-refractivity contribution in [1.29, 1.82) is 0 Å². The van der Waals surface area contributed by atoms with Crippen molar-refractivity contribution in [2.24, 2.45) is 5.92 Å². The Labute approximate surface area is 152 Å². The van der Waals surface area contributed by atoms with Gasteiger partial charge in [-0.1, -0.05) is 42.5 Å². The minimum absolute atomic E-state index is 0.259. The molecular weight excluding hydrogens is 324 g/mol. The molecule has 2 aliphatic rings. The van der Waals surface area contributed by atoms with Crippen molar-refractivity contribution in [3.63, 3.8) is 0 Å². The fourth-order valence-electron chi connectivity index (χ4n) is 4.33. The van der Waals surface area contributed by atoms with E-state index in [1.165, 1.54) is 16.3 Å². The Hall–Kier alpha value is -2.70. The van der Waals surface area contributed by atoms with Crippen LogP contribution in [0.1, 0.15) is 18.0 Å². The Morgan fingerprint density at radius 2 is 1.92 bits per heavy atom. The predicted octanol–water partition coefficient (Wildman–Crippen LogP) is 2.26. The van der Waals surface area contributed by atoms with E-state index < -0.39 is 0 Å². The van der Waals surface area contributed by atoms with E-state index in [1.807, 2.05) is 0 Å². The van der Waals surface area contributed by atoms with Crippen LogP contribution in [0.25, 0.3) is 10.8 Å². The highest BCUT2D eigenvalue weighted by atomic mass is 15.4. The van der Waals surface area contributed by atoms with Crippen LogP contribution < -0.4 is 21.5 Å². The number of hydrogen-bond donors (Lipinski definition) is 3. The smallest absolute Gasteiger partial charge is 0.227 e. The van der Waals surface area contributed by atoms with Crippen LogP contribution in [0, 0.1) is 5.92 Å². The molecule has 1 aromatic heterocycles. The minimum Gasteiger partial charge on any atom is -0.384 e. The molecule has 0 radical (unpaired) electrons. The van der Waals surface area contributed by atoms with E-state index in [2.05, 4.69) is 68.2 Å². The molecule has 2 aromatic carbocycles. The van der Waals surface area contributed by atoms with Crippen LogP contribution in [0.4, 0.5) is 11.8 Å². The molecule has 0 bridgehead atoms. The van der Waals surface area contributed by atoms with Crippen molar-refractivity contribution in [3.8, 4) is 0 Å². The van der Waals surface area contributed by atoms with Crippen LogP contribution in [0.15, 0.2) is 54.7 Å². The van der Waals surface area contributed by atoms with Crippen LogP contribution in [0.2, 0.25) is 0 Å². The quantitative estimate of drug-likeness (QED) is 0.661. The van der Waals surface area contributed by atoms with E-state index in [-0.39, 0.29) is 6.04 Å². The van der Waals surface area contributed by atoms with Crippen molar-refractivity contribution >= 4 is 22.5 Å². The molecule has 132 valence electrons. The number of fused-ring (bicyclic) bond motifs is 2. The molecule has 26 heavy (non-hydrogen) atoms. The molecule has 3 heterocycles. The number of hydrazine groups is 1. The van der Waals surface area contributed by atoms with Gasteiger partial charge in [-0.2, -0.15) is 4.98 Å². The van der Waals surface area contributed by atoms with Gasteiger partial charge in [-0.05, 0) is 28.8 Å². The van der Waals surface area contributed by atoms with Crippen LogP contribution in [0.3, 0.4) is 0 Å². The first-order chi connectivity index (χ1) is 12.8. The Morgan fingerprint density at radius 1 is 1.04 bits per heavy atom. The number of nitrogens with one attached hydrogen (secondary N) is 2. The van der Waals surface area contributed by atoms with Gasteiger partial charge in [0.15, 0.2) is 0 Å². The highest BCUT2D eigenvalue weighted by Gasteiger charge is 2.41. The Balaban J connectivity index is 1.48. The van der Waals surface area contributed by atoms with Crippen molar-refractivity contribution < 1.29 is 0 Å². The summed E-state index contributed by atoms with van der Waals surface area (Å²) >= 11 is 0. The molecule has 0 aliphatic carbocycles. The molecule has 2 fully saturated rings. The van der Waals surface area contributed by atoms with Gasteiger partial charge in [0.25, 0.3) is 0 Å². The monoisotopic (exact) mass is 346 g/mol. The lowest BCUT2D eigenvalue weighted by Gasteiger charge is -2.36. The fraction of sp³-hybridized carbons (Fsp3) is 0.300. The first kappa shape index (κ1) is 15.5. The third kappa shape index (κ3) is 2.58. The summed E-state index contributed by atoms with van der Waals surface area (Å²) in [7, 11) is 0. The van der Waals surface area contributed by atoms with Crippen LogP contribution in [0.5, 0.6) is 0 Å². The van der Waals surface area contributed by atoms with E-state index in [0.29, 0.717) is 17.8 Å². The molecule has 2 aliphatic heterocycles. The van der Waals surface area contributed by atoms with Gasteiger partial charge in [0.1, 0.15) is 5.82 Å². The van der Waals surface area contributed by atoms with E-state index >= 15 is 0 Å². The number of nitrogen functional groups attached to an aromatic ring is 1. The number of nitrogens with zero attached hydrogens (tertiary/aromatic N) is 3. The first-order valence-corrected chi connectivity index (χ1v) is 9.12. The molecule has 6 nitrogen and oxygen atoms in total. The molecule has 3 aromatic rings. The molecule has 0 amide bonds. The number of nitrogens with two attached hydrogens (primary N) is 1. The topological polar surface area (TPSA) is 79.1 Å². The molecule has 0 spiro atoms. The van der Waals surface area contributed by atoms with E-state index in [4.69, 9.17) is 5.73 Å². The average molecular weight is 346 g/mol. The summed E-state index contributed by atoms with van der Waals surface area (Å²) in [5.41, 5.74) is 14.3. The maximum Gasteiger partial charge on any atom is 0.227 e. The summed E-state index contributed by atoms with van der Waals surface area (Å²) in [6, 6.07) is 17.6. The second kappa shape index (κ2) is 6.23. The van der Waals surface area contributed by atoms with Gasteiger partial charge in [0, 0.05) is 31.2 Å². The fourth-order valence-corrected chi connectivity index (χ4v) is 4.33. The van der Waals surface area contributed by atoms with Crippen molar-refractivity contribution in [2.75, 3.05) is 23.7 Å². The third-order valence-corrected chi connectivity index (χ3v) is 5.62. The van der Waals surface area contributed by atoms with Crippen molar-refractivity contribution in [3.05, 3.63) is 60.3 Å². The summed E-state index contributed by atoms with van der Waals surface area (Å²) < 4.78 is 0. The SMILES string of the molecule is Nc1ccnc(N2CCC3NNC(c4cccc5ccccc45)C3C2)n1. The van der Waals surface area contributed by atoms with Gasteiger partial charge in [-0.3, -0.25) is 5.43 Å². The summed E-state index contributed by atoms with van der Waals surface area (Å²) in [6.07, 6.45) is 2.79. The number of aromatic nitrogens is 2. The summed E-state index contributed by atoms with van der Waals surface area (Å²) in [4.78, 5) is 11.1. The minimum atomic E-state index is 0.259. The highest BCUT2D eigenvalue weighted by molar-refractivity contribution is 5.86. The van der Waals surface area contributed by atoms with Gasteiger partial charge < -0.3 is 10.6 Å². The molecule has 6 heteroatoms. The van der Waals surface area contributed by atoms with Gasteiger partial charge in [0.05, 0.1) is 6.04 Å². The molecule has 5 rings (SSSR count). The highest BCUT2D eigenvalue weighted by Crippen LogP contribution is 2.37. The van der Waals surface area contributed by atoms with Crippen molar-refractivity contribution in [2.45, 2.75) is 18.5 Å². The Kier molecular flexibility index (Phi) is 3.72. The maximum absolute atomic E-state index is 5.85. The predicted molar refractivity (Wildman–Crippen MR) is 104 cm³/mol. The molecule has 3 atom stereocenters. The summed E-state index contributed by atoms with van der Waals surface area (Å²) in [5, 5.41) is 2.59. The first-order valence-electron chi connectivity index (χ1n) is 9.12. The van der Waals surface area contributed by atoms with Crippen LogP contribution in [-0.4, -0.2) is 29.1 Å². The molecule has 4 N–H and O–H groups in total. The second-order valence-electron chi connectivity index (χ2n) is 7.12. The number of benzene rings is 2. The lowest BCUT2D eigenvalue weighted by Crippen LogP contribution is -2.46. The standard InChI is InChI=1S/C20H22N6/c21-18-8-10-22-20(23-18)26-11-9-17-16(12-26)19(25-24-17)15-7-3-5-13-4-1-2-6-14(13)15/h1-8,10,16-17,19,24-25H,9,11-12H2,(H2,21,22,23). The summed E-state index contributed by atoms with van der Waals surface area (Å²) in [5.74, 6) is 1.69. The average Bonchev–Trinajstić information content (AvgIpc) is 3.10. The normalized spacial score (nSPS) is 25.4. The zero-order valence-corrected chi connectivity index (χ0v) is 14.5. The van der Waals surface area contributed by atoms with Crippen LogP contribution in [-0.2, 0) is 0 Å². The summed E-state index contributed by atoms with van der Waals surface area (Å²) in [6.45, 7) is 1.84. The lowest BCUT2D eigenvalue weighted by molar-refractivity contribution is 0.354. The number of anilines is 2. The van der Waals surface area contributed by atoms with Crippen molar-refractivity contribution in [1.82, 2.24) is 20.8 Å². The van der Waals surface area contributed by atoms with E-state index in [0.717, 1.165) is 25.5 Å². The van der Waals surface area contributed by atoms with Gasteiger partial charge in [0.2, 0.25) is 5.95 Å². The number of hydrogen-bond acceptors (Lipinski definition) is 6. The molecule has 2 saturated heterocycles. The number of piperidine rings is 1. The van der Waals surface area contributed by atoms with Gasteiger partial charge in [-0.25, -0.2) is 10.4 Å². The molecule has 0 saturated carbocycles. The zero-order valence-electron chi connectivity index (χ0n) is 14.5. The Morgan fingerprint density at radius 3 is 2.85 bits per heavy atom. The maximum atomic E-state index is 5.85. The van der Waals surface area contributed by atoms with E-state index in [1.54, 1.807) is 12.3 Å². The second-order valence-corrected chi connectivity index (χ2v) is 7.12. The number of rotatable bonds is 2. The van der Waals surface area contributed by atoms with Gasteiger partial charge >= 0.3 is 0 Å². The molecule has 3 unspecified atom stereocenters. The Bertz CT molecular complexity index is 937. The van der Waals surface area contributed by atoms with Gasteiger partial charge in [-0.15, -0.1) is 0 Å². The molecular formula is C20H22N6. The lowest BCUT2D eigenvalue weighted by atomic mass is 9.83. The van der Waals surface area contributed by atoms with E-state index in [9.17, 15) is 0 Å².